The Morgan fingerprint density at radius 1 is 1.09 bits per heavy atom. The minimum atomic E-state index is -2.92. The normalized spacial score (nSPS) is 26.1. The number of rotatable bonds is 7. The molecule has 0 aliphatic carbocycles. The van der Waals surface area contributed by atoms with Gasteiger partial charge in [-0.15, -0.1) is 6.42 Å². The molecule has 1 N–H and O–H groups in total. The molecule has 1 amide bonds. The van der Waals surface area contributed by atoms with E-state index in [0.29, 0.717) is 66.4 Å². The van der Waals surface area contributed by atoms with Gasteiger partial charge in [0.05, 0.1) is 23.0 Å². The van der Waals surface area contributed by atoms with Crippen molar-refractivity contribution in [3.05, 3.63) is 65.9 Å². The average molecular weight is 756 g/mol. The number of ether oxygens (including phenoxy) is 2. The lowest BCUT2D eigenvalue weighted by molar-refractivity contribution is -0.0621. The first-order valence-corrected chi connectivity index (χ1v) is 18.9. The molecule has 10 nitrogen and oxygen atoms in total. The van der Waals surface area contributed by atoms with E-state index in [1.54, 1.807) is 30.5 Å². The molecule has 2 aromatic heterocycles. The van der Waals surface area contributed by atoms with E-state index in [4.69, 9.17) is 20.9 Å². The fourth-order valence-corrected chi connectivity index (χ4v) is 9.51. The Balaban J connectivity index is 1.03. The molecule has 9 rings (SSSR count). The first kappa shape index (κ1) is 35.7. The molecule has 4 aromatic rings. The number of hydrogen-bond acceptors (Lipinski definition) is 9. The van der Waals surface area contributed by atoms with E-state index in [1.807, 2.05) is 0 Å². The second kappa shape index (κ2) is 13.6. The number of piperazine rings is 1. The number of alkyl halides is 2. The first-order valence-electron chi connectivity index (χ1n) is 18.9. The van der Waals surface area contributed by atoms with Crippen LogP contribution in [0, 0.1) is 24.0 Å². The molecule has 286 valence electrons. The number of likely N-dealkylation sites (tertiary alicyclic amines) is 1. The van der Waals surface area contributed by atoms with Crippen molar-refractivity contribution in [2.75, 3.05) is 50.8 Å². The predicted octanol–water partition coefficient (Wildman–Crippen LogP) is 6.45. The number of amides is 1. The molecule has 5 aliphatic rings. The van der Waals surface area contributed by atoms with Gasteiger partial charge in [-0.05, 0) is 50.0 Å². The Morgan fingerprint density at radius 2 is 1.91 bits per heavy atom. The Bertz CT molecular complexity index is 2250. The molecular weight excluding hydrogens is 714 g/mol. The number of halogens is 4. The second-order valence-corrected chi connectivity index (χ2v) is 15.7. The van der Waals surface area contributed by atoms with Crippen LogP contribution in [-0.4, -0.2) is 106 Å². The highest BCUT2D eigenvalue weighted by Crippen LogP contribution is 2.45. The standard InChI is InChI=1S/C41H41F4N7O3/c1-3-29-32(42)11-8-25-6-4-7-30(33(25)29)35-34(43)36-31(17-46-35)37(51-19-26-9-10-27(20-51)47-26)49-38(48-36)55-23-40-14-12-28(52(40)18-24(2)16-40)21-54-39(53)50-15-5-13-41(44,45)22-50/h1,4,6-8,11,17,26-28,47H,2,5,9-10,12-16,18-23H2. The summed E-state index contributed by atoms with van der Waals surface area (Å²) < 4.78 is 71.9. The van der Waals surface area contributed by atoms with Gasteiger partial charge in [0.25, 0.3) is 5.92 Å². The van der Waals surface area contributed by atoms with E-state index in [2.05, 4.69) is 37.6 Å². The molecular formula is C41H41F4N7O3. The van der Waals surface area contributed by atoms with Gasteiger partial charge in [0, 0.05) is 67.9 Å². The Labute approximate surface area is 315 Å². The zero-order valence-electron chi connectivity index (χ0n) is 30.3. The zero-order valence-corrected chi connectivity index (χ0v) is 30.3. The Hall–Kier alpha value is -5.00. The van der Waals surface area contributed by atoms with Crippen LogP contribution in [0.4, 0.5) is 28.2 Å². The summed E-state index contributed by atoms with van der Waals surface area (Å²) in [6.45, 7) is 5.99. The van der Waals surface area contributed by atoms with Gasteiger partial charge in [-0.25, -0.2) is 22.4 Å². The van der Waals surface area contributed by atoms with Crippen molar-refractivity contribution in [2.45, 2.75) is 74.5 Å². The fraction of sp³-hybridized carbons (Fsp3) is 0.463. The van der Waals surface area contributed by atoms with Crippen LogP contribution in [0.15, 0.2) is 48.7 Å². The maximum atomic E-state index is 17.0. The van der Waals surface area contributed by atoms with Crippen LogP contribution in [-0.2, 0) is 4.74 Å². The predicted molar refractivity (Wildman–Crippen MR) is 199 cm³/mol. The van der Waals surface area contributed by atoms with Crippen molar-refractivity contribution in [3.8, 4) is 29.6 Å². The fourth-order valence-electron chi connectivity index (χ4n) is 9.51. The van der Waals surface area contributed by atoms with E-state index in [1.165, 1.54) is 6.07 Å². The van der Waals surface area contributed by atoms with Crippen molar-refractivity contribution in [3.63, 3.8) is 0 Å². The number of fused-ring (bicyclic) bond motifs is 5. The van der Waals surface area contributed by atoms with E-state index in [9.17, 15) is 18.0 Å². The van der Waals surface area contributed by atoms with Crippen LogP contribution in [0.3, 0.4) is 0 Å². The van der Waals surface area contributed by atoms with Crippen molar-refractivity contribution < 1.29 is 31.8 Å². The Morgan fingerprint density at radius 3 is 2.69 bits per heavy atom. The van der Waals surface area contributed by atoms with Crippen LogP contribution in [0.25, 0.3) is 32.9 Å². The number of benzene rings is 2. The van der Waals surface area contributed by atoms with E-state index in [-0.39, 0.29) is 73.5 Å². The molecule has 2 bridgehead atoms. The molecule has 4 unspecified atom stereocenters. The van der Waals surface area contributed by atoms with Crippen molar-refractivity contribution >= 4 is 33.6 Å². The molecule has 5 saturated heterocycles. The molecule has 4 atom stereocenters. The number of aromatic nitrogens is 3. The highest BCUT2D eigenvalue weighted by molar-refractivity contribution is 6.02. The molecule has 5 aliphatic heterocycles. The van der Waals surface area contributed by atoms with Crippen molar-refractivity contribution in [2.24, 2.45) is 0 Å². The highest BCUT2D eigenvalue weighted by Gasteiger charge is 2.52. The van der Waals surface area contributed by atoms with Gasteiger partial charge >= 0.3 is 12.1 Å². The van der Waals surface area contributed by atoms with E-state index >= 15 is 4.39 Å². The SMILES string of the molecule is C#Cc1c(F)ccc2cccc(-c3ncc4c(N5CC6CCC(C5)N6)nc(OCC56CCC(COC(=O)N7CCCC(F)(F)C7)N5CC(=C)C6)nc4c3F)c12. The monoisotopic (exact) mass is 755 g/mol. The van der Waals surface area contributed by atoms with Crippen LogP contribution in [0.1, 0.15) is 50.5 Å². The zero-order chi connectivity index (χ0) is 38.1. The summed E-state index contributed by atoms with van der Waals surface area (Å²) in [6, 6.07) is 8.49. The summed E-state index contributed by atoms with van der Waals surface area (Å²) in [5.74, 6) is -1.25. The summed E-state index contributed by atoms with van der Waals surface area (Å²) >= 11 is 0. The van der Waals surface area contributed by atoms with E-state index in [0.717, 1.165) is 23.3 Å². The van der Waals surface area contributed by atoms with Gasteiger partial charge in [0.2, 0.25) is 0 Å². The lowest BCUT2D eigenvalue weighted by Gasteiger charge is -2.35. The number of nitrogens with one attached hydrogen (secondary N) is 1. The molecule has 0 spiro atoms. The third-order valence-corrected chi connectivity index (χ3v) is 12.0. The summed E-state index contributed by atoms with van der Waals surface area (Å²) in [6.07, 6.45) is 10.7. The second-order valence-electron chi connectivity index (χ2n) is 15.7. The average Bonchev–Trinajstić information content (AvgIpc) is 3.81. The van der Waals surface area contributed by atoms with Crippen LogP contribution >= 0.6 is 0 Å². The van der Waals surface area contributed by atoms with Gasteiger partial charge in [-0.3, -0.25) is 9.88 Å². The molecule has 2 aromatic carbocycles. The number of terminal acetylenes is 1. The third kappa shape index (κ3) is 6.40. The molecule has 5 fully saturated rings. The molecule has 0 radical (unpaired) electrons. The number of carbonyl (C=O) groups excluding carboxylic acids is 1. The van der Waals surface area contributed by atoms with Crippen LogP contribution in [0.5, 0.6) is 6.01 Å². The van der Waals surface area contributed by atoms with Gasteiger partial charge in [0.1, 0.15) is 36.1 Å². The number of anilines is 1. The van der Waals surface area contributed by atoms with E-state index < -0.39 is 35.7 Å². The number of carbonyl (C=O) groups is 1. The minimum Gasteiger partial charge on any atom is -0.461 e. The van der Waals surface area contributed by atoms with Gasteiger partial charge in [-0.1, -0.05) is 42.3 Å². The summed E-state index contributed by atoms with van der Waals surface area (Å²) in [7, 11) is 0. The molecule has 55 heavy (non-hydrogen) atoms. The third-order valence-electron chi connectivity index (χ3n) is 12.0. The first-order chi connectivity index (χ1) is 26.5. The smallest absolute Gasteiger partial charge is 0.410 e. The lowest BCUT2D eigenvalue weighted by Crippen LogP contribution is -2.51. The van der Waals surface area contributed by atoms with Crippen LogP contribution < -0.4 is 15.0 Å². The summed E-state index contributed by atoms with van der Waals surface area (Å²) in [4.78, 5) is 32.4. The summed E-state index contributed by atoms with van der Waals surface area (Å²) in [5.41, 5.74) is 0.868. The van der Waals surface area contributed by atoms with Crippen molar-refractivity contribution in [1.82, 2.24) is 30.1 Å². The number of nitrogens with zero attached hydrogens (tertiary/aromatic N) is 6. The molecule has 7 heterocycles. The quantitative estimate of drug-likeness (QED) is 0.130. The Kier molecular flexibility index (Phi) is 8.85. The van der Waals surface area contributed by atoms with Gasteiger partial charge < -0.3 is 24.6 Å². The highest BCUT2D eigenvalue weighted by atomic mass is 19.3. The lowest BCUT2D eigenvalue weighted by atomic mass is 9.94. The maximum absolute atomic E-state index is 17.0. The van der Waals surface area contributed by atoms with Gasteiger partial charge in [-0.2, -0.15) is 9.97 Å². The van der Waals surface area contributed by atoms with Crippen molar-refractivity contribution in [1.29, 1.82) is 0 Å². The summed E-state index contributed by atoms with van der Waals surface area (Å²) in [5, 5.41) is 5.09. The molecule has 14 heteroatoms. The number of piperidine rings is 1. The topological polar surface area (TPSA) is 96.0 Å². The minimum absolute atomic E-state index is 0.00505. The van der Waals surface area contributed by atoms with Gasteiger partial charge in [0.15, 0.2) is 5.82 Å². The molecule has 0 saturated carbocycles. The largest absolute Gasteiger partial charge is 0.461 e. The maximum Gasteiger partial charge on any atom is 0.410 e. The van der Waals surface area contributed by atoms with Crippen LogP contribution in [0.2, 0.25) is 0 Å². The number of hydrogen-bond donors (Lipinski definition) is 1. The number of pyridine rings is 1.